The third-order valence-corrected chi connectivity index (χ3v) is 7.26. The number of hydrogen-bond acceptors (Lipinski definition) is 6. The van der Waals surface area contributed by atoms with Gasteiger partial charge in [0.2, 0.25) is 0 Å². The zero-order chi connectivity index (χ0) is 23.4. The summed E-state index contributed by atoms with van der Waals surface area (Å²) in [6, 6.07) is 16.7. The van der Waals surface area contributed by atoms with E-state index in [4.69, 9.17) is 10.5 Å². The zero-order valence-corrected chi connectivity index (χ0v) is 19.1. The van der Waals surface area contributed by atoms with Gasteiger partial charge in [-0.05, 0) is 48.9 Å². The molecule has 4 aromatic rings. The molecule has 0 unspecified atom stereocenters. The van der Waals surface area contributed by atoms with Crippen molar-refractivity contribution in [3.63, 3.8) is 0 Å². The number of amides is 3. The second-order valence-electron chi connectivity index (χ2n) is 8.32. The molecule has 8 nitrogen and oxygen atoms in total. The number of hydrogen-bond donors (Lipinski definition) is 2. The Morgan fingerprint density at radius 1 is 1.12 bits per heavy atom. The molecule has 2 aromatic heterocycles. The molecular formula is C25H21N5O3S. The fourth-order valence-corrected chi connectivity index (χ4v) is 5.48. The van der Waals surface area contributed by atoms with Gasteiger partial charge in [-0.3, -0.25) is 14.6 Å². The molecule has 2 aliphatic heterocycles. The average molecular weight is 472 g/mol. The number of carbonyl (C=O) groups excluding carboxylic acids is 2. The summed E-state index contributed by atoms with van der Waals surface area (Å²) in [6.45, 7) is 3.24. The molecule has 170 valence electrons. The van der Waals surface area contributed by atoms with E-state index >= 15 is 0 Å². The molecule has 0 atom stereocenters. The molecule has 4 heterocycles. The minimum atomic E-state index is -0.555. The maximum atomic E-state index is 14.0. The van der Waals surface area contributed by atoms with Crippen LogP contribution in [0, 0.1) is 6.92 Å². The van der Waals surface area contributed by atoms with Crippen molar-refractivity contribution in [2.45, 2.75) is 13.0 Å². The summed E-state index contributed by atoms with van der Waals surface area (Å²) < 4.78 is 5.98. The summed E-state index contributed by atoms with van der Waals surface area (Å²) in [5.74, 6) is 0.871. The van der Waals surface area contributed by atoms with E-state index in [-0.39, 0.29) is 12.1 Å². The maximum absolute atomic E-state index is 14.0. The summed E-state index contributed by atoms with van der Waals surface area (Å²) in [7, 11) is 0. The lowest BCUT2D eigenvalue weighted by Gasteiger charge is -2.43. The fraction of sp³-hybridized carbons (Fsp3) is 0.160. The van der Waals surface area contributed by atoms with Gasteiger partial charge in [0.1, 0.15) is 21.2 Å². The Bertz CT molecular complexity index is 1450. The molecule has 1 fully saturated rings. The van der Waals surface area contributed by atoms with Crippen molar-refractivity contribution in [1.29, 1.82) is 0 Å². The van der Waals surface area contributed by atoms with Gasteiger partial charge in [0.25, 0.3) is 5.91 Å². The topological polar surface area (TPSA) is 101 Å². The number of primary amides is 1. The smallest absolute Gasteiger partial charge is 0.334 e. The molecule has 34 heavy (non-hydrogen) atoms. The predicted octanol–water partition coefficient (Wildman–Crippen LogP) is 4.55. The first-order valence-corrected chi connectivity index (χ1v) is 11.7. The Morgan fingerprint density at radius 3 is 2.59 bits per heavy atom. The average Bonchev–Trinajstić information content (AvgIpc) is 3.18. The SMILES string of the molecule is Cc1cc(Oc2ccccc2)ccc1N1C(=O)N(C2CNC2)c2c(C(N)=O)sc3nccc1c23. The predicted molar refractivity (Wildman–Crippen MR) is 133 cm³/mol. The highest BCUT2D eigenvalue weighted by Gasteiger charge is 2.43. The van der Waals surface area contributed by atoms with Crippen molar-refractivity contribution in [3.05, 3.63) is 71.2 Å². The number of nitrogens with one attached hydrogen (secondary N) is 1. The number of thiophene rings is 1. The second-order valence-corrected chi connectivity index (χ2v) is 9.32. The molecule has 2 aliphatic rings. The van der Waals surface area contributed by atoms with Gasteiger partial charge in [-0.2, -0.15) is 0 Å². The summed E-state index contributed by atoms with van der Waals surface area (Å²) in [5, 5.41) is 3.99. The number of rotatable bonds is 5. The van der Waals surface area contributed by atoms with Gasteiger partial charge in [0.05, 0.1) is 28.5 Å². The zero-order valence-electron chi connectivity index (χ0n) is 18.3. The van der Waals surface area contributed by atoms with Gasteiger partial charge >= 0.3 is 6.03 Å². The number of nitrogens with zero attached hydrogens (tertiary/aromatic N) is 3. The molecule has 6 rings (SSSR count). The minimum absolute atomic E-state index is 0.0692. The normalized spacial score (nSPS) is 15.5. The summed E-state index contributed by atoms with van der Waals surface area (Å²) in [6.07, 6.45) is 1.66. The maximum Gasteiger partial charge on any atom is 0.334 e. The number of aromatic nitrogens is 1. The van der Waals surface area contributed by atoms with Gasteiger partial charge < -0.3 is 15.8 Å². The Kier molecular flexibility index (Phi) is 4.75. The standard InChI is InChI=1S/C25H21N5O3S/c1-14-11-17(33-16-5-3-2-4-6-16)7-8-18(14)30-19-9-10-28-24-20(19)21(22(34-24)23(26)31)29(25(30)32)15-12-27-13-15/h2-11,15,27H,12-13H2,1H3,(H2,26,31). The van der Waals surface area contributed by atoms with E-state index in [1.807, 2.05) is 61.5 Å². The van der Waals surface area contributed by atoms with Crippen molar-refractivity contribution in [3.8, 4) is 11.5 Å². The van der Waals surface area contributed by atoms with Crippen molar-refractivity contribution in [2.24, 2.45) is 5.73 Å². The highest BCUT2D eigenvalue weighted by atomic mass is 32.1. The highest BCUT2D eigenvalue weighted by molar-refractivity contribution is 7.21. The monoisotopic (exact) mass is 471 g/mol. The van der Waals surface area contributed by atoms with Crippen LogP contribution in [0.4, 0.5) is 21.9 Å². The van der Waals surface area contributed by atoms with Crippen molar-refractivity contribution in [2.75, 3.05) is 22.9 Å². The lowest BCUT2D eigenvalue weighted by atomic mass is 10.0. The quantitative estimate of drug-likeness (QED) is 0.445. The van der Waals surface area contributed by atoms with E-state index in [1.165, 1.54) is 11.3 Å². The second kappa shape index (κ2) is 7.82. The lowest BCUT2D eigenvalue weighted by molar-refractivity contribution is 0.100. The number of para-hydroxylation sites is 1. The summed E-state index contributed by atoms with van der Waals surface area (Å²) in [5.41, 5.74) is 8.60. The van der Waals surface area contributed by atoms with Crippen LogP contribution in [0.25, 0.3) is 10.2 Å². The fourth-order valence-electron chi connectivity index (χ4n) is 4.48. The first kappa shape index (κ1) is 20.6. The Labute approximate surface area is 199 Å². The number of carbonyl (C=O) groups is 2. The van der Waals surface area contributed by atoms with Crippen LogP contribution < -0.4 is 25.6 Å². The van der Waals surface area contributed by atoms with Crippen molar-refractivity contribution < 1.29 is 14.3 Å². The summed E-state index contributed by atoms with van der Waals surface area (Å²) >= 11 is 1.23. The minimum Gasteiger partial charge on any atom is -0.457 e. The van der Waals surface area contributed by atoms with Gasteiger partial charge in [-0.1, -0.05) is 18.2 Å². The Morgan fingerprint density at radius 2 is 1.91 bits per heavy atom. The molecular weight excluding hydrogens is 450 g/mol. The number of ether oxygens (including phenoxy) is 1. The van der Waals surface area contributed by atoms with E-state index in [0.29, 0.717) is 39.9 Å². The highest BCUT2D eigenvalue weighted by Crippen LogP contribution is 2.49. The largest absolute Gasteiger partial charge is 0.457 e. The van der Waals surface area contributed by atoms with Crippen LogP contribution in [0.2, 0.25) is 0 Å². The van der Waals surface area contributed by atoms with Crippen LogP contribution in [-0.2, 0) is 0 Å². The van der Waals surface area contributed by atoms with E-state index in [1.54, 1.807) is 16.0 Å². The Hall–Kier alpha value is -3.95. The number of urea groups is 1. The molecule has 1 saturated heterocycles. The number of aryl methyl sites for hydroxylation is 1. The molecule has 3 N–H and O–H groups in total. The number of benzene rings is 2. The number of pyridine rings is 1. The van der Waals surface area contributed by atoms with Crippen LogP contribution in [0.15, 0.2) is 60.8 Å². The van der Waals surface area contributed by atoms with E-state index in [0.717, 1.165) is 22.4 Å². The molecule has 0 spiro atoms. The van der Waals surface area contributed by atoms with Crippen LogP contribution in [0.1, 0.15) is 15.2 Å². The number of nitrogens with two attached hydrogens (primary N) is 1. The van der Waals surface area contributed by atoms with Crippen LogP contribution in [0.3, 0.4) is 0 Å². The first-order valence-electron chi connectivity index (χ1n) is 10.9. The molecule has 0 aliphatic carbocycles. The van der Waals surface area contributed by atoms with Gasteiger partial charge in [0.15, 0.2) is 0 Å². The molecule has 0 radical (unpaired) electrons. The van der Waals surface area contributed by atoms with E-state index < -0.39 is 5.91 Å². The third-order valence-electron chi connectivity index (χ3n) is 6.16. The molecule has 9 heteroatoms. The van der Waals surface area contributed by atoms with Gasteiger partial charge in [-0.15, -0.1) is 11.3 Å². The first-order chi connectivity index (χ1) is 16.5. The van der Waals surface area contributed by atoms with Gasteiger partial charge in [-0.25, -0.2) is 9.78 Å². The molecule has 2 aromatic carbocycles. The van der Waals surface area contributed by atoms with Crippen LogP contribution in [-0.4, -0.2) is 36.1 Å². The van der Waals surface area contributed by atoms with Crippen LogP contribution >= 0.6 is 11.3 Å². The molecule has 0 saturated carbocycles. The third kappa shape index (κ3) is 3.12. The van der Waals surface area contributed by atoms with Crippen molar-refractivity contribution >= 4 is 50.6 Å². The molecule has 0 bridgehead atoms. The lowest BCUT2D eigenvalue weighted by Crippen LogP contribution is -2.62. The van der Waals surface area contributed by atoms with Crippen LogP contribution in [0.5, 0.6) is 11.5 Å². The summed E-state index contributed by atoms with van der Waals surface area (Å²) in [4.78, 5) is 35.2. The van der Waals surface area contributed by atoms with E-state index in [2.05, 4.69) is 10.3 Å². The molecule has 3 amide bonds. The van der Waals surface area contributed by atoms with E-state index in [9.17, 15) is 9.59 Å². The Balaban J connectivity index is 1.49. The van der Waals surface area contributed by atoms with Gasteiger partial charge in [0, 0.05) is 19.3 Å². The van der Waals surface area contributed by atoms with Crippen molar-refractivity contribution in [1.82, 2.24) is 10.3 Å². The number of anilines is 3.